The molecule has 0 aromatic carbocycles. The summed E-state index contributed by atoms with van der Waals surface area (Å²) in [5.41, 5.74) is 0. The van der Waals surface area contributed by atoms with Crippen LogP contribution in [0.25, 0.3) is 0 Å². The van der Waals surface area contributed by atoms with Gasteiger partial charge in [-0.2, -0.15) is 0 Å². The topological polar surface area (TPSA) is 107 Å². The molecular formula is C16H25N9O2. The van der Waals surface area contributed by atoms with Crippen LogP contribution in [0.4, 0.5) is 0 Å². The normalized spacial score (nSPS) is 21.5. The number of hydrogen-bond acceptors (Lipinski definition) is 8. The van der Waals surface area contributed by atoms with Gasteiger partial charge in [-0.15, -0.1) is 15.3 Å². The predicted octanol–water partition coefficient (Wildman–Crippen LogP) is -0.960. The number of carbonyl (C=O) groups excluding carboxylic acids is 1. The molecule has 0 N–H and O–H groups in total. The SMILES string of the molecule is Cn1c(CN2CCOCC2)nnc1[C@H]1CCCN(C(=O)Cn2cnnn2)C1. The van der Waals surface area contributed by atoms with Gasteiger partial charge in [-0.05, 0) is 23.3 Å². The van der Waals surface area contributed by atoms with Gasteiger partial charge in [0.2, 0.25) is 5.91 Å². The quantitative estimate of drug-likeness (QED) is 0.658. The lowest BCUT2D eigenvalue weighted by atomic mass is 9.97. The van der Waals surface area contributed by atoms with Gasteiger partial charge in [0.25, 0.3) is 0 Å². The van der Waals surface area contributed by atoms with Gasteiger partial charge >= 0.3 is 0 Å². The molecule has 2 aromatic heterocycles. The van der Waals surface area contributed by atoms with Gasteiger partial charge < -0.3 is 14.2 Å². The summed E-state index contributed by atoms with van der Waals surface area (Å²) in [6.45, 7) is 5.75. The summed E-state index contributed by atoms with van der Waals surface area (Å²) in [5.74, 6) is 2.15. The number of rotatable bonds is 5. The number of ether oxygens (including phenoxy) is 1. The lowest BCUT2D eigenvalue weighted by Crippen LogP contribution is -2.41. The molecule has 0 radical (unpaired) electrons. The first-order chi connectivity index (χ1) is 13.2. The predicted molar refractivity (Wildman–Crippen MR) is 93.5 cm³/mol. The third-order valence-corrected chi connectivity index (χ3v) is 5.30. The van der Waals surface area contributed by atoms with E-state index in [9.17, 15) is 4.79 Å². The highest BCUT2D eigenvalue weighted by molar-refractivity contribution is 5.76. The highest BCUT2D eigenvalue weighted by Gasteiger charge is 2.29. The molecule has 2 aliphatic heterocycles. The molecule has 0 unspecified atom stereocenters. The molecule has 0 bridgehead atoms. The van der Waals surface area contributed by atoms with Crippen molar-refractivity contribution in [1.29, 1.82) is 0 Å². The van der Waals surface area contributed by atoms with Crippen molar-refractivity contribution in [2.24, 2.45) is 7.05 Å². The van der Waals surface area contributed by atoms with Gasteiger partial charge in [0, 0.05) is 39.1 Å². The summed E-state index contributed by atoms with van der Waals surface area (Å²) < 4.78 is 8.95. The molecule has 2 saturated heterocycles. The minimum atomic E-state index is 0.0303. The largest absolute Gasteiger partial charge is 0.379 e. The van der Waals surface area contributed by atoms with Crippen LogP contribution in [-0.4, -0.2) is 90.1 Å². The summed E-state index contributed by atoms with van der Waals surface area (Å²) in [7, 11) is 2.02. The second kappa shape index (κ2) is 8.09. The van der Waals surface area contributed by atoms with E-state index in [1.54, 1.807) is 0 Å². The number of hydrogen-bond donors (Lipinski definition) is 0. The van der Waals surface area contributed by atoms with E-state index in [1.165, 1.54) is 11.0 Å². The zero-order valence-corrected chi connectivity index (χ0v) is 15.6. The van der Waals surface area contributed by atoms with Gasteiger partial charge in [0.1, 0.15) is 24.5 Å². The van der Waals surface area contributed by atoms with E-state index in [4.69, 9.17) is 4.74 Å². The van der Waals surface area contributed by atoms with Crippen LogP contribution in [0.2, 0.25) is 0 Å². The van der Waals surface area contributed by atoms with Gasteiger partial charge in [-0.1, -0.05) is 0 Å². The number of likely N-dealkylation sites (tertiary alicyclic amines) is 1. The number of amides is 1. The summed E-state index contributed by atoms with van der Waals surface area (Å²) in [5, 5.41) is 19.8. The van der Waals surface area contributed by atoms with E-state index in [2.05, 4.69) is 35.2 Å². The molecule has 146 valence electrons. The van der Waals surface area contributed by atoms with E-state index >= 15 is 0 Å². The van der Waals surface area contributed by atoms with Crippen molar-refractivity contribution >= 4 is 5.91 Å². The average Bonchev–Trinajstić information content (AvgIpc) is 3.33. The Bertz CT molecular complexity index is 754. The highest BCUT2D eigenvalue weighted by atomic mass is 16.5. The maximum Gasteiger partial charge on any atom is 0.244 e. The van der Waals surface area contributed by atoms with Crippen molar-refractivity contribution < 1.29 is 9.53 Å². The molecule has 27 heavy (non-hydrogen) atoms. The Morgan fingerprint density at radius 1 is 1.26 bits per heavy atom. The Morgan fingerprint density at radius 2 is 2.11 bits per heavy atom. The van der Waals surface area contributed by atoms with E-state index in [1.807, 2.05) is 11.9 Å². The molecule has 2 aromatic rings. The summed E-state index contributed by atoms with van der Waals surface area (Å²) in [6.07, 6.45) is 3.43. The van der Waals surface area contributed by atoms with Crippen LogP contribution in [0.3, 0.4) is 0 Å². The second-order valence-corrected chi connectivity index (χ2v) is 7.11. The van der Waals surface area contributed by atoms with Crippen LogP contribution < -0.4 is 0 Å². The number of aromatic nitrogens is 7. The van der Waals surface area contributed by atoms with Gasteiger partial charge in [-0.3, -0.25) is 9.69 Å². The summed E-state index contributed by atoms with van der Waals surface area (Å²) in [6, 6.07) is 0. The Hall–Kier alpha value is -2.40. The third-order valence-electron chi connectivity index (χ3n) is 5.30. The number of carbonyl (C=O) groups is 1. The van der Waals surface area contributed by atoms with Gasteiger partial charge in [0.05, 0.1) is 19.8 Å². The smallest absolute Gasteiger partial charge is 0.244 e. The first kappa shape index (κ1) is 18.0. The average molecular weight is 375 g/mol. The fraction of sp³-hybridized carbons (Fsp3) is 0.750. The molecule has 4 heterocycles. The molecule has 1 amide bonds. The highest BCUT2D eigenvalue weighted by Crippen LogP contribution is 2.26. The molecule has 4 rings (SSSR count). The molecule has 11 nitrogen and oxygen atoms in total. The van der Waals surface area contributed by atoms with Crippen molar-refractivity contribution in [3.05, 3.63) is 18.0 Å². The number of tetrazole rings is 1. The summed E-state index contributed by atoms with van der Waals surface area (Å²) in [4.78, 5) is 16.8. The third kappa shape index (κ3) is 4.14. The summed E-state index contributed by atoms with van der Waals surface area (Å²) >= 11 is 0. The first-order valence-corrected chi connectivity index (χ1v) is 9.37. The van der Waals surface area contributed by atoms with Crippen molar-refractivity contribution in [2.75, 3.05) is 39.4 Å². The van der Waals surface area contributed by atoms with E-state index in [0.29, 0.717) is 6.54 Å². The van der Waals surface area contributed by atoms with E-state index < -0.39 is 0 Å². The maximum absolute atomic E-state index is 12.5. The molecule has 11 heteroatoms. The van der Waals surface area contributed by atoms with Crippen LogP contribution in [0.15, 0.2) is 6.33 Å². The number of piperidine rings is 1. The number of morpholine rings is 1. The number of nitrogens with zero attached hydrogens (tertiary/aromatic N) is 9. The van der Waals surface area contributed by atoms with Gasteiger partial charge in [0.15, 0.2) is 0 Å². The lowest BCUT2D eigenvalue weighted by molar-refractivity contribution is -0.133. The maximum atomic E-state index is 12.5. The fourth-order valence-corrected chi connectivity index (χ4v) is 3.73. The van der Waals surface area contributed by atoms with Crippen LogP contribution in [-0.2, 0) is 29.7 Å². The van der Waals surface area contributed by atoms with Crippen molar-refractivity contribution in [2.45, 2.75) is 31.8 Å². The van der Waals surface area contributed by atoms with Crippen LogP contribution in [0.5, 0.6) is 0 Å². The molecule has 0 aliphatic carbocycles. The standard InChI is InChI=1S/C16H25N9O2/c1-22-14(10-23-5-7-27-8-6-23)18-19-16(22)13-3-2-4-24(9-13)15(26)11-25-12-17-20-21-25/h12-13H,2-11H2,1H3/t13-/m0/s1. The van der Waals surface area contributed by atoms with Gasteiger partial charge in [-0.25, -0.2) is 4.68 Å². The minimum absolute atomic E-state index is 0.0303. The molecule has 2 aliphatic rings. The Morgan fingerprint density at radius 3 is 2.89 bits per heavy atom. The zero-order chi connectivity index (χ0) is 18.6. The Labute approximate surface area is 157 Å². The molecule has 1 atom stereocenters. The monoisotopic (exact) mass is 375 g/mol. The van der Waals surface area contributed by atoms with Crippen molar-refractivity contribution in [3.8, 4) is 0 Å². The Kier molecular flexibility index (Phi) is 5.39. The van der Waals surface area contributed by atoms with Crippen LogP contribution in [0.1, 0.15) is 30.4 Å². The molecule has 2 fully saturated rings. The zero-order valence-electron chi connectivity index (χ0n) is 15.6. The van der Waals surface area contributed by atoms with Crippen LogP contribution in [0, 0.1) is 0 Å². The fourth-order valence-electron chi connectivity index (χ4n) is 3.73. The Balaban J connectivity index is 1.39. The molecular weight excluding hydrogens is 350 g/mol. The van der Waals surface area contributed by atoms with E-state index in [-0.39, 0.29) is 18.4 Å². The molecule has 0 saturated carbocycles. The molecule has 0 spiro atoms. The second-order valence-electron chi connectivity index (χ2n) is 7.11. The minimum Gasteiger partial charge on any atom is -0.379 e. The van der Waals surface area contributed by atoms with Crippen molar-refractivity contribution in [3.63, 3.8) is 0 Å². The van der Waals surface area contributed by atoms with Crippen molar-refractivity contribution in [1.82, 2.24) is 44.8 Å². The van der Waals surface area contributed by atoms with E-state index in [0.717, 1.165) is 63.9 Å². The lowest BCUT2D eigenvalue weighted by Gasteiger charge is -2.32. The first-order valence-electron chi connectivity index (χ1n) is 9.37. The van der Waals surface area contributed by atoms with Crippen LogP contribution >= 0.6 is 0 Å².